The van der Waals surface area contributed by atoms with Crippen LogP contribution in [0.3, 0.4) is 0 Å². The van der Waals surface area contributed by atoms with Crippen molar-refractivity contribution in [2.45, 2.75) is 37.8 Å². The van der Waals surface area contributed by atoms with Crippen molar-refractivity contribution in [3.8, 4) is 0 Å². The summed E-state index contributed by atoms with van der Waals surface area (Å²) in [5.74, 6) is 0.869. The van der Waals surface area contributed by atoms with Crippen LogP contribution in [0.5, 0.6) is 0 Å². The summed E-state index contributed by atoms with van der Waals surface area (Å²) < 4.78 is 5.47. The standard InChI is InChI=1S/C18H25N3O2/c22-18(15-3-1-2-8-19-15)21-10-5-16-17(21)4-9-20(16)13-14-6-11-23-12-7-14/h1-3,8,14,16-17H,4-7,9-13H2/t16-,17-/m0/s1. The maximum Gasteiger partial charge on any atom is 0.272 e. The van der Waals surface area contributed by atoms with E-state index < -0.39 is 0 Å². The number of fused-ring (bicyclic) bond motifs is 1. The van der Waals surface area contributed by atoms with Gasteiger partial charge in [-0.05, 0) is 43.7 Å². The molecular formula is C18H25N3O2. The molecule has 0 saturated carbocycles. The van der Waals surface area contributed by atoms with Crippen LogP contribution >= 0.6 is 0 Å². The van der Waals surface area contributed by atoms with Gasteiger partial charge in [-0.15, -0.1) is 0 Å². The molecule has 5 heteroatoms. The number of likely N-dealkylation sites (tertiary alicyclic amines) is 2. The lowest BCUT2D eigenvalue weighted by atomic mass is 9.99. The van der Waals surface area contributed by atoms with Crippen LogP contribution in [0.15, 0.2) is 24.4 Å². The molecule has 1 aromatic heterocycles. The maximum absolute atomic E-state index is 12.7. The Morgan fingerprint density at radius 2 is 1.96 bits per heavy atom. The molecule has 2 atom stereocenters. The van der Waals surface area contributed by atoms with Crippen LogP contribution in [-0.4, -0.2) is 65.6 Å². The topological polar surface area (TPSA) is 45.7 Å². The molecule has 23 heavy (non-hydrogen) atoms. The largest absolute Gasteiger partial charge is 0.381 e. The molecule has 0 radical (unpaired) electrons. The number of carbonyl (C=O) groups is 1. The maximum atomic E-state index is 12.7. The highest BCUT2D eigenvalue weighted by Gasteiger charge is 2.44. The molecule has 0 unspecified atom stereocenters. The Morgan fingerprint density at radius 3 is 2.74 bits per heavy atom. The molecular weight excluding hydrogens is 290 g/mol. The second kappa shape index (κ2) is 6.57. The van der Waals surface area contributed by atoms with Gasteiger partial charge in [-0.2, -0.15) is 0 Å². The Balaban J connectivity index is 1.40. The van der Waals surface area contributed by atoms with Crippen molar-refractivity contribution < 1.29 is 9.53 Å². The predicted octanol–water partition coefficient (Wildman–Crippen LogP) is 1.80. The smallest absolute Gasteiger partial charge is 0.272 e. The summed E-state index contributed by atoms with van der Waals surface area (Å²) in [6, 6.07) is 6.49. The lowest BCUT2D eigenvalue weighted by Gasteiger charge is -2.30. The van der Waals surface area contributed by atoms with E-state index in [1.807, 2.05) is 18.2 Å². The number of nitrogens with zero attached hydrogens (tertiary/aromatic N) is 3. The number of ether oxygens (including phenoxy) is 1. The molecule has 1 aromatic rings. The van der Waals surface area contributed by atoms with E-state index in [0.717, 1.165) is 45.1 Å². The molecule has 0 aromatic carbocycles. The molecule has 4 rings (SSSR count). The Bertz CT molecular complexity index is 544. The van der Waals surface area contributed by atoms with E-state index in [4.69, 9.17) is 4.74 Å². The Kier molecular flexibility index (Phi) is 4.31. The van der Waals surface area contributed by atoms with E-state index in [9.17, 15) is 4.79 Å². The molecule has 3 aliphatic rings. The van der Waals surface area contributed by atoms with Crippen LogP contribution in [0, 0.1) is 5.92 Å². The van der Waals surface area contributed by atoms with Crippen molar-refractivity contribution in [1.82, 2.24) is 14.8 Å². The molecule has 3 fully saturated rings. The Morgan fingerprint density at radius 1 is 1.13 bits per heavy atom. The van der Waals surface area contributed by atoms with Gasteiger partial charge in [0.2, 0.25) is 0 Å². The van der Waals surface area contributed by atoms with Crippen molar-refractivity contribution in [3.05, 3.63) is 30.1 Å². The minimum Gasteiger partial charge on any atom is -0.381 e. The lowest BCUT2D eigenvalue weighted by molar-refractivity contribution is 0.0502. The van der Waals surface area contributed by atoms with E-state index in [-0.39, 0.29) is 5.91 Å². The first-order valence-corrected chi connectivity index (χ1v) is 8.87. The molecule has 0 aliphatic carbocycles. The molecule has 0 N–H and O–H groups in total. The number of carbonyl (C=O) groups excluding carboxylic acids is 1. The summed E-state index contributed by atoms with van der Waals surface area (Å²) in [4.78, 5) is 21.6. The minimum atomic E-state index is 0.103. The van der Waals surface area contributed by atoms with E-state index in [0.29, 0.717) is 17.8 Å². The molecule has 3 saturated heterocycles. The summed E-state index contributed by atoms with van der Waals surface area (Å²) >= 11 is 0. The number of amides is 1. The summed E-state index contributed by atoms with van der Waals surface area (Å²) in [6.45, 7) is 5.00. The van der Waals surface area contributed by atoms with E-state index >= 15 is 0 Å². The third-order valence-corrected chi connectivity index (χ3v) is 5.67. The predicted molar refractivity (Wildman–Crippen MR) is 87.2 cm³/mol. The van der Waals surface area contributed by atoms with E-state index in [2.05, 4.69) is 14.8 Å². The number of hydrogen-bond acceptors (Lipinski definition) is 4. The average Bonchev–Trinajstić information content (AvgIpc) is 3.19. The monoisotopic (exact) mass is 315 g/mol. The van der Waals surface area contributed by atoms with Crippen LogP contribution in [0.4, 0.5) is 0 Å². The first kappa shape index (κ1) is 15.1. The van der Waals surface area contributed by atoms with Crippen LogP contribution in [0.2, 0.25) is 0 Å². The van der Waals surface area contributed by atoms with Gasteiger partial charge in [-0.3, -0.25) is 14.7 Å². The normalized spacial score (nSPS) is 29.0. The van der Waals surface area contributed by atoms with Gasteiger partial charge in [0.05, 0.1) is 0 Å². The fourth-order valence-corrected chi connectivity index (χ4v) is 4.45. The van der Waals surface area contributed by atoms with Crippen molar-refractivity contribution in [1.29, 1.82) is 0 Å². The summed E-state index contributed by atoms with van der Waals surface area (Å²) in [5, 5.41) is 0. The van der Waals surface area contributed by atoms with Crippen molar-refractivity contribution >= 4 is 5.91 Å². The summed E-state index contributed by atoms with van der Waals surface area (Å²) in [6.07, 6.45) is 6.28. The second-order valence-corrected chi connectivity index (χ2v) is 6.98. The third-order valence-electron chi connectivity index (χ3n) is 5.67. The van der Waals surface area contributed by atoms with Gasteiger partial charge in [-0.25, -0.2) is 0 Å². The zero-order valence-electron chi connectivity index (χ0n) is 13.6. The fourth-order valence-electron chi connectivity index (χ4n) is 4.45. The molecule has 3 aliphatic heterocycles. The highest BCUT2D eigenvalue weighted by Crippen LogP contribution is 2.33. The van der Waals surface area contributed by atoms with Crippen molar-refractivity contribution in [3.63, 3.8) is 0 Å². The van der Waals surface area contributed by atoms with Gasteiger partial charge in [0, 0.05) is 51.1 Å². The quantitative estimate of drug-likeness (QED) is 0.853. The van der Waals surface area contributed by atoms with Crippen LogP contribution in [0.1, 0.15) is 36.2 Å². The fraction of sp³-hybridized carbons (Fsp3) is 0.667. The molecule has 5 nitrogen and oxygen atoms in total. The van der Waals surface area contributed by atoms with E-state index in [1.54, 1.807) is 6.20 Å². The highest BCUT2D eigenvalue weighted by molar-refractivity contribution is 5.92. The number of rotatable bonds is 3. The SMILES string of the molecule is O=C(c1ccccn1)N1CC[C@H]2[C@@H]1CCN2CC1CCOCC1. The molecule has 4 heterocycles. The van der Waals surface area contributed by atoms with E-state index in [1.165, 1.54) is 19.4 Å². The Hall–Kier alpha value is -1.46. The van der Waals surface area contributed by atoms with Crippen LogP contribution in [-0.2, 0) is 4.74 Å². The van der Waals surface area contributed by atoms with Gasteiger partial charge in [0.15, 0.2) is 0 Å². The molecule has 0 spiro atoms. The number of aromatic nitrogens is 1. The lowest BCUT2D eigenvalue weighted by Crippen LogP contribution is -2.41. The van der Waals surface area contributed by atoms with Gasteiger partial charge in [0.1, 0.15) is 5.69 Å². The first-order chi connectivity index (χ1) is 11.3. The van der Waals surface area contributed by atoms with Gasteiger partial charge in [-0.1, -0.05) is 6.07 Å². The molecule has 1 amide bonds. The summed E-state index contributed by atoms with van der Waals surface area (Å²) in [5.41, 5.74) is 0.580. The third kappa shape index (κ3) is 3.00. The van der Waals surface area contributed by atoms with Gasteiger partial charge < -0.3 is 9.64 Å². The zero-order chi connectivity index (χ0) is 15.6. The average molecular weight is 315 g/mol. The molecule has 124 valence electrons. The first-order valence-electron chi connectivity index (χ1n) is 8.87. The van der Waals surface area contributed by atoms with Gasteiger partial charge in [0.25, 0.3) is 5.91 Å². The highest BCUT2D eigenvalue weighted by atomic mass is 16.5. The van der Waals surface area contributed by atoms with Crippen molar-refractivity contribution in [2.75, 3.05) is 32.8 Å². The molecule has 0 bridgehead atoms. The Labute approximate surface area is 137 Å². The number of pyridine rings is 1. The number of hydrogen-bond donors (Lipinski definition) is 0. The van der Waals surface area contributed by atoms with Crippen LogP contribution < -0.4 is 0 Å². The minimum absolute atomic E-state index is 0.103. The van der Waals surface area contributed by atoms with Crippen LogP contribution in [0.25, 0.3) is 0 Å². The second-order valence-electron chi connectivity index (χ2n) is 6.98. The summed E-state index contributed by atoms with van der Waals surface area (Å²) in [7, 11) is 0. The van der Waals surface area contributed by atoms with Gasteiger partial charge >= 0.3 is 0 Å². The zero-order valence-corrected chi connectivity index (χ0v) is 13.6. The van der Waals surface area contributed by atoms with Crippen molar-refractivity contribution in [2.24, 2.45) is 5.92 Å².